The van der Waals surface area contributed by atoms with Gasteiger partial charge in [0.05, 0.1) is 0 Å². The lowest BCUT2D eigenvalue weighted by Crippen LogP contribution is -2.14. The monoisotopic (exact) mass is 322 g/mol. The molecule has 1 aromatic carbocycles. The van der Waals surface area contributed by atoms with Crippen LogP contribution in [0.15, 0.2) is 22.7 Å². The van der Waals surface area contributed by atoms with Crippen LogP contribution in [0.2, 0.25) is 0 Å². The molecule has 0 heterocycles. The fraction of sp³-hybridized carbons (Fsp3) is 0.588. The minimum Gasteiger partial charge on any atom is -0.294 e. The van der Waals surface area contributed by atoms with E-state index in [2.05, 4.69) is 42.8 Å². The first-order valence-electron chi connectivity index (χ1n) is 7.33. The largest absolute Gasteiger partial charge is 0.294 e. The topological polar surface area (TPSA) is 17.1 Å². The van der Waals surface area contributed by atoms with E-state index in [0.29, 0.717) is 11.7 Å². The predicted octanol–water partition coefficient (Wildman–Crippen LogP) is 5.27. The van der Waals surface area contributed by atoms with Gasteiger partial charge in [-0.05, 0) is 48.8 Å². The molecule has 2 rings (SSSR count). The molecule has 0 saturated carbocycles. The van der Waals surface area contributed by atoms with Crippen LogP contribution in [-0.2, 0) is 6.42 Å². The lowest BCUT2D eigenvalue weighted by Gasteiger charge is -2.18. The first-order valence-corrected chi connectivity index (χ1v) is 8.13. The van der Waals surface area contributed by atoms with Crippen LogP contribution in [0.5, 0.6) is 0 Å². The van der Waals surface area contributed by atoms with Gasteiger partial charge in [0.15, 0.2) is 5.78 Å². The van der Waals surface area contributed by atoms with Gasteiger partial charge in [0.1, 0.15) is 0 Å². The highest BCUT2D eigenvalue weighted by Crippen LogP contribution is 2.34. The van der Waals surface area contributed by atoms with Gasteiger partial charge in [-0.3, -0.25) is 4.79 Å². The van der Waals surface area contributed by atoms with Crippen molar-refractivity contribution in [2.45, 2.75) is 46.5 Å². The van der Waals surface area contributed by atoms with E-state index in [1.165, 1.54) is 18.4 Å². The van der Waals surface area contributed by atoms with Gasteiger partial charge in [0, 0.05) is 16.0 Å². The number of Topliss-reactive ketones (excluding diaryl/α,β-unsaturated/α-hetero) is 1. The van der Waals surface area contributed by atoms with Crippen molar-refractivity contribution in [3.05, 3.63) is 33.8 Å². The second-order valence-corrected chi connectivity index (χ2v) is 7.07. The van der Waals surface area contributed by atoms with E-state index in [9.17, 15) is 4.79 Å². The quantitative estimate of drug-likeness (QED) is 0.722. The minimum atomic E-state index is 0.211. The molecule has 0 saturated heterocycles. The minimum absolute atomic E-state index is 0.211. The number of hydrogen-bond donors (Lipinski definition) is 0. The van der Waals surface area contributed by atoms with E-state index < -0.39 is 0 Å². The second-order valence-electron chi connectivity index (χ2n) is 6.16. The van der Waals surface area contributed by atoms with Crippen LogP contribution in [0.3, 0.4) is 0 Å². The Balaban J connectivity index is 2.00. The molecule has 3 unspecified atom stereocenters. The van der Waals surface area contributed by atoms with Crippen molar-refractivity contribution >= 4 is 21.7 Å². The van der Waals surface area contributed by atoms with Crippen molar-refractivity contribution < 1.29 is 4.79 Å². The number of ketones is 1. The van der Waals surface area contributed by atoms with Crippen LogP contribution >= 0.6 is 15.9 Å². The molecule has 1 aliphatic rings. The molecule has 0 aromatic heterocycles. The molecular formula is C17H23BrO. The maximum atomic E-state index is 12.4. The number of fused-ring (bicyclic) bond motifs is 1. The lowest BCUT2D eigenvalue weighted by molar-refractivity contribution is 0.0917. The van der Waals surface area contributed by atoms with Gasteiger partial charge in [-0.2, -0.15) is 0 Å². The van der Waals surface area contributed by atoms with Crippen LogP contribution in [0.4, 0.5) is 0 Å². The van der Waals surface area contributed by atoms with Gasteiger partial charge in [-0.25, -0.2) is 0 Å². The van der Waals surface area contributed by atoms with Crippen molar-refractivity contribution in [1.82, 2.24) is 0 Å². The smallest absolute Gasteiger partial charge is 0.166 e. The van der Waals surface area contributed by atoms with Gasteiger partial charge in [0.25, 0.3) is 0 Å². The molecule has 1 nitrogen and oxygen atoms in total. The van der Waals surface area contributed by atoms with E-state index in [1.807, 2.05) is 12.1 Å². The molecule has 3 atom stereocenters. The van der Waals surface area contributed by atoms with Crippen LogP contribution in [0.25, 0.3) is 0 Å². The molecule has 0 aliphatic heterocycles. The van der Waals surface area contributed by atoms with E-state index in [0.717, 1.165) is 28.8 Å². The summed E-state index contributed by atoms with van der Waals surface area (Å²) in [6, 6.07) is 6.12. The average molecular weight is 323 g/mol. The lowest BCUT2D eigenvalue weighted by atomic mass is 9.86. The maximum absolute atomic E-state index is 12.4. The van der Waals surface area contributed by atoms with Crippen LogP contribution in [-0.4, -0.2) is 5.78 Å². The predicted molar refractivity (Wildman–Crippen MR) is 83.5 cm³/mol. The number of carbonyl (C=O) groups is 1. The summed E-state index contributed by atoms with van der Waals surface area (Å²) < 4.78 is 1.01. The van der Waals surface area contributed by atoms with Crippen molar-refractivity contribution in [3.8, 4) is 0 Å². The zero-order valence-corrected chi connectivity index (χ0v) is 13.7. The number of halogens is 1. The molecule has 2 heteroatoms. The van der Waals surface area contributed by atoms with Gasteiger partial charge >= 0.3 is 0 Å². The SMILES string of the molecule is CCC(C)CC(C)CC1Cc2ccc(Br)cc2C1=O. The Labute approximate surface area is 124 Å². The molecule has 19 heavy (non-hydrogen) atoms. The number of rotatable bonds is 5. The number of hydrogen-bond acceptors (Lipinski definition) is 1. The van der Waals surface area contributed by atoms with Crippen LogP contribution in [0, 0.1) is 17.8 Å². The van der Waals surface area contributed by atoms with E-state index in [-0.39, 0.29) is 5.92 Å². The third kappa shape index (κ3) is 3.47. The fourth-order valence-corrected chi connectivity index (χ4v) is 3.52. The van der Waals surface area contributed by atoms with Crippen molar-refractivity contribution in [2.75, 3.05) is 0 Å². The van der Waals surface area contributed by atoms with E-state index in [1.54, 1.807) is 0 Å². The molecule has 1 aromatic rings. The van der Waals surface area contributed by atoms with E-state index in [4.69, 9.17) is 0 Å². The Kier molecular flexibility index (Phi) is 4.83. The molecule has 1 aliphatic carbocycles. The van der Waals surface area contributed by atoms with Gasteiger partial charge in [-0.15, -0.1) is 0 Å². The molecule has 0 radical (unpaired) electrons. The summed E-state index contributed by atoms with van der Waals surface area (Å²) in [5, 5.41) is 0. The summed E-state index contributed by atoms with van der Waals surface area (Å²) in [7, 11) is 0. The van der Waals surface area contributed by atoms with Crippen LogP contribution in [0.1, 0.15) is 56.0 Å². The fourth-order valence-electron chi connectivity index (χ4n) is 3.16. The average Bonchev–Trinajstić information content (AvgIpc) is 2.66. The Morgan fingerprint density at radius 3 is 2.74 bits per heavy atom. The number of benzene rings is 1. The highest BCUT2D eigenvalue weighted by atomic mass is 79.9. The highest BCUT2D eigenvalue weighted by Gasteiger charge is 2.31. The Morgan fingerprint density at radius 2 is 2.05 bits per heavy atom. The van der Waals surface area contributed by atoms with Crippen molar-refractivity contribution in [1.29, 1.82) is 0 Å². The van der Waals surface area contributed by atoms with E-state index >= 15 is 0 Å². The molecule has 0 spiro atoms. The molecule has 0 N–H and O–H groups in total. The van der Waals surface area contributed by atoms with Crippen molar-refractivity contribution in [3.63, 3.8) is 0 Å². The Hall–Kier alpha value is -0.630. The standard InChI is InChI=1S/C17H23BrO/c1-4-11(2)7-12(3)8-14-9-13-5-6-15(18)10-16(13)17(14)19/h5-6,10-12,14H,4,7-9H2,1-3H3. The summed E-state index contributed by atoms with van der Waals surface area (Å²) >= 11 is 3.45. The first-order chi connectivity index (χ1) is 9.01. The van der Waals surface area contributed by atoms with Gasteiger partial charge in [0.2, 0.25) is 0 Å². The highest BCUT2D eigenvalue weighted by molar-refractivity contribution is 9.10. The summed E-state index contributed by atoms with van der Waals surface area (Å²) in [4.78, 5) is 12.4. The normalized spacial score (nSPS) is 21.3. The first kappa shape index (κ1) is 14.8. The summed E-state index contributed by atoms with van der Waals surface area (Å²) in [6.45, 7) is 6.84. The third-order valence-corrected chi connectivity index (χ3v) is 4.86. The van der Waals surface area contributed by atoms with Crippen molar-refractivity contribution in [2.24, 2.45) is 17.8 Å². The molecule has 104 valence electrons. The molecule has 0 fully saturated rings. The second kappa shape index (κ2) is 6.21. The molecular weight excluding hydrogens is 300 g/mol. The maximum Gasteiger partial charge on any atom is 0.166 e. The molecule has 0 bridgehead atoms. The zero-order valence-electron chi connectivity index (χ0n) is 12.1. The number of carbonyl (C=O) groups excluding carboxylic acids is 1. The summed E-state index contributed by atoms with van der Waals surface area (Å²) in [6.07, 6.45) is 4.44. The van der Waals surface area contributed by atoms with Gasteiger partial charge < -0.3 is 0 Å². The molecule has 0 amide bonds. The van der Waals surface area contributed by atoms with Crippen LogP contribution < -0.4 is 0 Å². The third-order valence-electron chi connectivity index (χ3n) is 4.36. The Morgan fingerprint density at radius 1 is 1.32 bits per heavy atom. The Bertz CT molecular complexity index is 466. The summed E-state index contributed by atoms with van der Waals surface area (Å²) in [5.74, 6) is 1.97. The van der Waals surface area contributed by atoms with Gasteiger partial charge in [-0.1, -0.05) is 49.2 Å². The zero-order chi connectivity index (χ0) is 14.0. The summed E-state index contributed by atoms with van der Waals surface area (Å²) in [5.41, 5.74) is 2.17.